The van der Waals surface area contributed by atoms with Crippen LogP contribution in [0.25, 0.3) is 10.2 Å². The van der Waals surface area contributed by atoms with Crippen molar-refractivity contribution in [3.8, 4) is 5.75 Å². The molecule has 0 aliphatic rings. The Morgan fingerprint density at radius 2 is 1.61 bits per heavy atom. The van der Waals surface area contributed by atoms with Crippen LogP contribution in [0.4, 0.5) is 5.13 Å². The molecule has 0 bridgehead atoms. The van der Waals surface area contributed by atoms with Gasteiger partial charge in [-0.3, -0.25) is 9.69 Å². The van der Waals surface area contributed by atoms with Gasteiger partial charge in [-0.05, 0) is 29.7 Å². The van der Waals surface area contributed by atoms with Crippen LogP contribution in [0, 0.1) is 6.92 Å². The van der Waals surface area contributed by atoms with E-state index in [0.717, 1.165) is 15.8 Å². The number of hydrogen-bond donors (Lipinski definition) is 0. The van der Waals surface area contributed by atoms with Crippen molar-refractivity contribution in [1.82, 2.24) is 4.98 Å². The van der Waals surface area contributed by atoms with Crippen molar-refractivity contribution >= 4 is 42.4 Å². The van der Waals surface area contributed by atoms with Crippen LogP contribution in [0.2, 0.25) is 0 Å². The molecule has 0 saturated carbocycles. The van der Waals surface area contributed by atoms with Crippen LogP contribution in [0.15, 0.2) is 72.8 Å². The first-order valence-corrected chi connectivity index (χ1v) is 13.0. The zero-order chi connectivity index (χ0) is 23.4. The van der Waals surface area contributed by atoms with E-state index < -0.39 is 21.5 Å². The zero-order valence-corrected chi connectivity index (χ0v) is 20.0. The summed E-state index contributed by atoms with van der Waals surface area (Å²) < 4.78 is 32.0. The Morgan fingerprint density at radius 3 is 2.24 bits per heavy atom. The number of aromatic nitrogens is 1. The Morgan fingerprint density at radius 1 is 0.970 bits per heavy atom. The molecule has 0 unspecified atom stereocenters. The normalized spacial score (nSPS) is 11.5. The van der Waals surface area contributed by atoms with E-state index in [0.29, 0.717) is 22.0 Å². The predicted molar refractivity (Wildman–Crippen MR) is 132 cm³/mol. The van der Waals surface area contributed by atoms with Gasteiger partial charge in [0, 0.05) is 0 Å². The first-order valence-electron chi connectivity index (χ1n) is 10.4. The third-order valence-electron chi connectivity index (χ3n) is 5.20. The minimum Gasteiger partial charge on any atom is -0.494 e. The number of sulfone groups is 1. The molecule has 6 nitrogen and oxygen atoms in total. The van der Waals surface area contributed by atoms with Crippen molar-refractivity contribution in [2.24, 2.45) is 0 Å². The number of methoxy groups -OCH3 is 1. The standard InChI is InChI=1S/C25H24N2O4S2/c1-18-13-14-21(31-2)23-24(18)32-25(26-23)27(15-19-9-5-3-6-10-19)22(28)17-33(29,30)16-20-11-7-4-8-12-20/h3-14H,15-17H2,1-2H3. The molecule has 0 N–H and O–H groups in total. The minimum absolute atomic E-state index is 0.189. The fourth-order valence-corrected chi connectivity index (χ4v) is 5.95. The predicted octanol–water partition coefficient (Wildman–Crippen LogP) is 4.76. The van der Waals surface area contributed by atoms with Gasteiger partial charge in [0.15, 0.2) is 15.0 Å². The number of hydrogen-bond acceptors (Lipinski definition) is 6. The van der Waals surface area contributed by atoms with E-state index in [2.05, 4.69) is 4.98 Å². The maximum absolute atomic E-state index is 13.4. The summed E-state index contributed by atoms with van der Waals surface area (Å²) in [6, 6.07) is 22.1. The largest absolute Gasteiger partial charge is 0.494 e. The molecule has 0 saturated heterocycles. The first-order chi connectivity index (χ1) is 15.9. The van der Waals surface area contributed by atoms with E-state index in [-0.39, 0.29) is 12.3 Å². The Labute approximate surface area is 197 Å². The molecule has 3 aromatic carbocycles. The van der Waals surface area contributed by atoms with Gasteiger partial charge < -0.3 is 4.74 Å². The van der Waals surface area contributed by atoms with Gasteiger partial charge >= 0.3 is 0 Å². The van der Waals surface area contributed by atoms with Crippen LogP contribution in [0.1, 0.15) is 16.7 Å². The van der Waals surface area contributed by atoms with Gasteiger partial charge in [-0.1, -0.05) is 78.1 Å². The van der Waals surface area contributed by atoms with Crippen molar-refractivity contribution in [3.63, 3.8) is 0 Å². The van der Waals surface area contributed by atoms with Crippen molar-refractivity contribution in [2.75, 3.05) is 17.8 Å². The lowest BCUT2D eigenvalue weighted by Crippen LogP contribution is -2.35. The van der Waals surface area contributed by atoms with E-state index in [4.69, 9.17) is 4.74 Å². The molecule has 4 rings (SSSR count). The number of benzene rings is 3. The molecule has 0 fully saturated rings. The van der Waals surface area contributed by atoms with Gasteiger partial charge in [0.1, 0.15) is 17.0 Å². The maximum Gasteiger partial charge on any atom is 0.244 e. The maximum atomic E-state index is 13.4. The van der Waals surface area contributed by atoms with Crippen molar-refractivity contribution < 1.29 is 17.9 Å². The number of rotatable bonds is 8. The molecule has 4 aromatic rings. The topological polar surface area (TPSA) is 76.6 Å². The van der Waals surface area contributed by atoms with Crippen LogP contribution in [0.5, 0.6) is 5.75 Å². The molecule has 170 valence electrons. The number of amides is 1. The molecule has 0 aliphatic carbocycles. The Balaban J connectivity index is 1.69. The molecule has 0 radical (unpaired) electrons. The zero-order valence-electron chi connectivity index (χ0n) is 18.4. The van der Waals surface area contributed by atoms with Crippen LogP contribution in [-0.4, -0.2) is 32.2 Å². The summed E-state index contributed by atoms with van der Waals surface area (Å²) >= 11 is 1.36. The van der Waals surface area contributed by atoms with E-state index in [1.54, 1.807) is 31.4 Å². The summed E-state index contributed by atoms with van der Waals surface area (Å²) in [6.07, 6.45) is 0. The highest BCUT2D eigenvalue weighted by molar-refractivity contribution is 7.91. The second-order valence-electron chi connectivity index (χ2n) is 7.74. The average molecular weight is 481 g/mol. The lowest BCUT2D eigenvalue weighted by atomic mass is 10.2. The average Bonchev–Trinajstić information content (AvgIpc) is 3.24. The highest BCUT2D eigenvalue weighted by atomic mass is 32.2. The first kappa shape index (κ1) is 22.9. The van der Waals surface area contributed by atoms with E-state index in [1.807, 2.05) is 55.5 Å². The molecule has 0 atom stereocenters. The molecule has 1 aromatic heterocycles. The smallest absolute Gasteiger partial charge is 0.244 e. The fraction of sp³-hybridized carbons (Fsp3) is 0.200. The number of anilines is 1. The lowest BCUT2D eigenvalue weighted by Gasteiger charge is -2.20. The molecular weight excluding hydrogens is 456 g/mol. The number of carbonyl (C=O) groups is 1. The molecular formula is C25H24N2O4S2. The summed E-state index contributed by atoms with van der Waals surface area (Å²) in [7, 11) is -2.09. The number of fused-ring (bicyclic) bond motifs is 1. The minimum atomic E-state index is -3.67. The highest BCUT2D eigenvalue weighted by Gasteiger charge is 2.26. The summed E-state index contributed by atoms with van der Waals surface area (Å²) in [4.78, 5) is 19.5. The van der Waals surface area contributed by atoms with Gasteiger partial charge in [0.2, 0.25) is 5.91 Å². The third kappa shape index (κ3) is 5.40. The van der Waals surface area contributed by atoms with Gasteiger partial charge in [-0.2, -0.15) is 0 Å². The fourth-order valence-electron chi connectivity index (χ4n) is 3.55. The van der Waals surface area contributed by atoms with Crippen LogP contribution in [-0.2, 0) is 26.9 Å². The number of nitrogens with zero attached hydrogens (tertiary/aromatic N) is 2. The molecule has 8 heteroatoms. The molecule has 1 amide bonds. The van der Waals surface area contributed by atoms with E-state index in [9.17, 15) is 13.2 Å². The quantitative estimate of drug-likeness (QED) is 0.363. The molecule has 33 heavy (non-hydrogen) atoms. The monoisotopic (exact) mass is 480 g/mol. The summed E-state index contributed by atoms with van der Waals surface area (Å²) in [6.45, 7) is 2.19. The van der Waals surface area contributed by atoms with Gasteiger partial charge in [0.25, 0.3) is 0 Å². The van der Waals surface area contributed by atoms with Gasteiger partial charge in [-0.15, -0.1) is 0 Å². The summed E-state index contributed by atoms with van der Waals surface area (Å²) in [5, 5.41) is 0.446. The van der Waals surface area contributed by atoms with Crippen molar-refractivity contribution in [1.29, 1.82) is 0 Å². The van der Waals surface area contributed by atoms with Crippen molar-refractivity contribution in [3.05, 3.63) is 89.5 Å². The van der Waals surface area contributed by atoms with Gasteiger partial charge in [-0.25, -0.2) is 13.4 Å². The number of thiazole rings is 1. The summed E-state index contributed by atoms with van der Waals surface area (Å²) in [5.41, 5.74) is 3.21. The second kappa shape index (κ2) is 9.72. The molecule has 1 heterocycles. The molecule has 0 spiro atoms. The number of ether oxygens (including phenoxy) is 1. The van der Waals surface area contributed by atoms with Gasteiger partial charge in [0.05, 0.1) is 24.1 Å². The lowest BCUT2D eigenvalue weighted by molar-refractivity contribution is -0.116. The second-order valence-corrected chi connectivity index (χ2v) is 10.8. The molecule has 0 aliphatic heterocycles. The Kier molecular flexibility index (Phi) is 6.76. The number of aryl methyl sites for hydroxylation is 1. The Bertz CT molecular complexity index is 1370. The van der Waals surface area contributed by atoms with E-state index >= 15 is 0 Å². The SMILES string of the molecule is COc1ccc(C)c2sc(N(Cc3ccccc3)C(=O)CS(=O)(=O)Cc3ccccc3)nc12. The van der Waals surface area contributed by atoms with E-state index in [1.165, 1.54) is 16.2 Å². The number of carbonyl (C=O) groups excluding carboxylic acids is 1. The van der Waals surface area contributed by atoms with Crippen LogP contribution < -0.4 is 9.64 Å². The van der Waals surface area contributed by atoms with Crippen LogP contribution in [0.3, 0.4) is 0 Å². The van der Waals surface area contributed by atoms with Crippen LogP contribution >= 0.6 is 11.3 Å². The third-order valence-corrected chi connectivity index (χ3v) is 7.87. The highest BCUT2D eigenvalue weighted by Crippen LogP contribution is 2.37. The van der Waals surface area contributed by atoms with Crippen molar-refractivity contribution in [2.45, 2.75) is 19.2 Å². The Hall–Kier alpha value is -3.23. The summed E-state index contributed by atoms with van der Waals surface area (Å²) in [5.74, 6) is -0.681.